The van der Waals surface area contributed by atoms with Gasteiger partial charge in [0.05, 0.1) is 6.61 Å². The number of fused-ring (bicyclic) bond motifs is 1. The molecule has 2 aromatic carbocycles. The molecule has 0 aliphatic carbocycles. The molecule has 156 valence electrons. The van der Waals surface area contributed by atoms with Crippen molar-refractivity contribution in [2.45, 2.75) is 38.4 Å². The van der Waals surface area contributed by atoms with E-state index in [9.17, 15) is 5.11 Å². The van der Waals surface area contributed by atoms with Gasteiger partial charge in [-0.3, -0.25) is 4.90 Å². The quantitative estimate of drug-likeness (QED) is 0.714. The fourth-order valence-corrected chi connectivity index (χ4v) is 5.06. The molecule has 0 bridgehead atoms. The van der Waals surface area contributed by atoms with Gasteiger partial charge in [0, 0.05) is 35.3 Å². The Morgan fingerprint density at radius 2 is 2.00 bits per heavy atom. The van der Waals surface area contributed by atoms with Gasteiger partial charge in [-0.25, -0.2) is 0 Å². The first kappa shape index (κ1) is 20.5. The number of rotatable bonds is 7. The van der Waals surface area contributed by atoms with E-state index < -0.39 is 0 Å². The summed E-state index contributed by atoms with van der Waals surface area (Å²) in [5, 5.41) is 14.5. The maximum atomic E-state index is 10.1. The third-order valence-electron chi connectivity index (χ3n) is 6.27. The van der Waals surface area contributed by atoms with Gasteiger partial charge < -0.3 is 19.9 Å². The highest BCUT2D eigenvalue weighted by molar-refractivity contribution is 6.30. The summed E-state index contributed by atoms with van der Waals surface area (Å²) in [6.45, 7) is 7.22. The zero-order valence-electron chi connectivity index (χ0n) is 17.0. The van der Waals surface area contributed by atoms with Crippen LogP contribution in [0.4, 0.5) is 0 Å². The van der Waals surface area contributed by atoms with Crippen molar-refractivity contribution in [2.24, 2.45) is 5.92 Å². The summed E-state index contributed by atoms with van der Waals surface area (Å²) in [6.07, 6.45) is 0.935. The Kier molecular flexibility index (Phi) is 6.02. The average Bonchev–Trinajstić information content (AvgIpc) is 3.32. The molecule has 0 amide bonds. The summed E-state index contributed by atoms with van der Waals surface area (Å²) in [6, 6.07) is 14.4. The zero-order valence-corrected chi connectivity index (χ0v) is 17.8. The minimum absolute atomic E-state index is 0.152. The molecule has 2 aliphatic heterocycles. The maximum absolute atomic E-state index is 10.1. The Balaban J connectivity index is 1.51. The molecule has 4 rings (SSSR count). The number of benzene rings is 2. The molecule has 2 heterocycles. The van der Waals surface area contributed by atoms with Gasteiger partial charge >= 0.3 is 0 Å². The van der Waals surface area contributed by atoms with Gasteiger partial charge in [0.15, 0.2) is 11.5 Å². The van der Waals surface area contributed by atoms with Crippen LogP contribution >= 0.6 is 11.6 Å². The van der Waals surface area contributed by atoms with Gasteiger partial charge in [0.2, 0.25) is 6.79 Å². The summed E-state index contributed by atoms with van der Waals surface area (Å²) in [5.41, 5.74) is 2.13. The van der Waals surface area contributed by atoms with Crippen LogP contribution in [-0.4, -0.2) is 42.0 Å². The number of ether oxygens (including phenoxy) is 2. The first-order valence-corrected chi connectivity index (χ1v) is 10.6. The average molecular weight is 417 g/mol. The molecule has 0 saturated carbocycles. The largest absolute Gasteiger partial charge is 0.454 e. The maximum Gasteiger partial charge on any atom is 0.231 e. The molecular formula is C23H29ClN2O3. The van der Waals surface area contributed by atoms with E-state index in [1.165, 1.54) is 5.56 Å². The van der Waals surface area contributed by atoms with E-state index in [2.05, 4.69) is 42.3 Å². The van der Waals surface area contributed by atoms with E-state index in [1.807, 2.05) is 24.3 Å². The fourth-order valence-electron chi connectivity index (χ4n) is 4.94. The summed E-state index contributed by atoms with van der Waals surface area (Å²) < 4.78 is 11.1. The Morgan fingerprint density at radius 1 is 1.21 bits per heavy atom. The van der Waals surface area contributed by atoms with Gasteiger partial charge in [-0.15, -0.1) is 0 Å². The normalized spacial score (nSPS) is 26.2. The van der Waals surface area contributed by atoms with Gasteiger partial charge in [-0.1, -0.05) is 42.8 Å². The molecule has 2 N–H and O–H groups in total. The van der Waals surface area contributed by atoms with E-state index in [-0.39, 0.29) is 25.0 Å². The van der Waals surface area contributed by atoms with Gasteiger partial charge in [0.1, 0.15) is 0 Å². The van der Waals surface area contributed by atoms with Crippen molar-refractivity contribution in [3.8, 4) is 11.5 Å². The predicted molar refractivity (Wildman–Crippen MR) is 114 cm³/mol. The number of nitrogens with one attached hydrogen (secondary N) is 1. The lowest BCUT2D eigenvalue weighted by Gasteiger charge is -2.37. The number of halogens is 1. The molecule has 0 spiro atoms. The standard InChI is InChI=1S/C23H29ClN2O3/c1-3-26-21(16-7-9-19(24)10-8-16)18(11-23(26,2)14-27)13-25-12-17-5-4-6-20-22(17)29-15-28-20/h4-10,18,21,25,27H,3,11-15H2,1-2H3/t18-,21+,23+/m1/s1. The molecule has 29 heavy (non-hydrogen) atoms. The number of aliphatic hydroxyl groups excluding tert-OH is 1. The number of para-hydroxylation sites is 1. The molecule has 1 saturated heterocycles. The summed E-state index contributed by atoms with van der Waals surface area (Å²) in [4.78, 5) is 2.43. The molecule has 5 nitrogen and oxygen atoms in total. The minimum Gasteiger partial charge on any atom is -0.454 e. The van der Waals surface area contributed by atoms with Crippen molar-refractivity contribution < 1.29 is 14.6 Å². The number of hydrogen-bond donors (Lipinski definition) is 2. The Labute approximate surface area is 177 Å². The van der Waals surface area contributed by atoms with Crippen molar-refractivity contribution in [2.75, 3.05) is 26.5 Å². The number of aliphatic hydroxyl groups is 1. The van der Waals surface area contributed by atoms with E-state index >= 15 is 0 Å². The smallest absolute Gasteiger partial charge is 0.231 e. The van der Waals surface area contributed by atoms with Crippen LogP contribution in [0.2, 0.25) is 5.02 Å². The van der Waals surface area contributed by atoms with Crippen LogP contribution in [0.1, 0.15) is 37.4 Å². The highest BCUT2D eigenvalue weighted by Crippen LogP contribution is 2.46. The number of likely N-dealkylation sites (tertiary alicyclic amines) is 1. The third-order valence-corrected chi connectivity index (χ3v) is 6.52. The topological polar surface area (TPSA) is 54.0 Å². The van der Waals surface area contributed by atoms with E-state index in [1.54, 1.807) is 0 Å². The lowest BCUT2D eigenvalue weighted by molar-refractivity contribution is 0.0579. The van der Waals surface area contributed by atoms with E-state index in [4.69, 9.17) is 21.1 Å². The summed E-state index contributed by atoms with van der Waals surface area (Å²) >= 11 is 6.12. The van der Waals surface area contributed by atoms with Crippen LogP contribution in [0.3, 0.4) is 0 Å². The monoisotopic (exact) mass is 416 g/mol. The van der Waals surface area contributed by atoms with Crippen LogP contribution in [-0.2, 0) is 6.54 Å². The highest BCUT2D eigenvalue weighted by Gasteiger charge is 2.47. The number of likely N-dealkylation sites (N-methyl/N-ethyl adjacent to an activating group) is 1. The second-order valence-corrected chi connectivity index (χ2v) is 8.62. The van der Waals surface area contributed by atoms with Crippen LogP contribution in [0.25, 0.3) is 0 Å². The van der Waals surface area contributed by atoms with Crippen molar-refractivity contribution in [1.82, 2.24) is 10.2 Å². The van der Waals surface area contributed by atoms with Crippen molar-refractivity contribution in [1.29, 1.82) is 0 Å². The number of hydrogen-bond acceptors (Lipinski definition) is 5. The molecule has 2 aromatic rings. The Bertz CT molecular complexity index is 845. The molecule has 1 fully saturated rings. The summed E-state index contributed by atoms with van der Waals surface area (Å²) in [7, 11) is 0. The van der Waals surface area contributed by atoms with E-state index in [0.717, 1.165) is 48.1 Å². The Morgan fingerprint density at radius 3 is 2.72 bits per heavy atom. The van der Waals surface area contributed by atoms with Gasteiger partial charge in [-0.05, 0) is 49.6 Å². The lowest BCUT2D eigenvalue weighted by Crippen LogP contribution is -2.45. The van der Waals surface area contributed by atoms with Crippen molar-refractivity contribution in [3.63, 3.8) is 0 Å². The number of nitrogens with zero attached hydrogens (tertiary/aromatic N) is 1. The van der Waals surface area contributed by atoms with Gasteiger partial charge in [0.25, 0.3) is 0 Å². The molecular weight excluding hydrogens is 388 g/mol. The third kappa shape index (κ3) is 3.97. The van der Waals surface area contributed by atoms with Crippen LogP contribution in [0, 0.1) is 5.92 Å². The van der Waals surface area contributed by atoms with Gasteiger partial charge in [-0.2, -0.15) is 0 Å². The molecule has 0 radical (unpaired) electrons. The SMILES string of the molecule is CCN1[C@@H](c2ccc(Cl)cc2)[C@@H](CNCc2cccc3c2OCO3)C[C@@]1(C)CO. The first-order valence-electron chi connectivity index (χ1n) is 10.3. The van der Waals surface area contributed by atoms with Crippen molar-refractivity contribution in [3.05, 3.63) is 58.6 Å². The lowest BCUT2D eigenvalue weighted by atomic mass is 9.90. The zero-order chi connectivity index (χ0) is 20.4. The fraction of sp³-hybridized carbons (Fsp3) is 0.478. The predicted octanol–water partition coefficient (Wildman–Crippen LogP) is 3.99. The van der Waals surface area contributed by atoms with Crippen LogP contribution < -0.4 is 14.8 Å². The van der Waals surface area contributed by atoms with Crippen molar-refractivity contribution >= 4 is 11.6 Å². The highest BCUT2D eigenvalue weighted by atomic mass is 35.5. The first-order chi connectivity index (χ1) is 14.1. The second kappa shape index (κ2) is 8.52. The van der Waals surface area contributed by atoms with Crippen LogP contribution in [0.5, 0.6) is 11.5 Å². The second-order valence-electron chi connectivity index (χ2n) is 8.18. The molecule has 3 atom stereocenters. The minimum atomic E-state index is -0.226. The summed E-state index contributed by atoms with van der Waals surface area (Å²) in [5.74, 6) is 2.03. The molecule has 0 aromatic heterocycles. The Hall–Kier alpha value is -1.79. The van der Waals surface area contributed by atoms with E-state index in [0.29, 0.717) is 5.92 Å². The molecule has 0 unspecified atom stereocenters. The molecule has 2 aliphatic rings. The van der Waals surface area contributed by atoms with Crippen LogP contribution in [0.15, 0.2) is 42.5 Å². The molecule has 6 heteroatoms.